The first-order valence-corrected chi connectivity index (χ1v) is 8.61. The van der Waals surface area contributed by atoms with Crippen molar-refractivity contribution in [1.82, 2.24) is 5.32 Å². The molecule has 0 aliphatic heterocycles. The predicted octanol–water partition coefficient (Wildman–Crippen LogP) is 4.39. The molecule has 136 valence electrons. The lowest BCUT2D eigenvalue weighted by atomic mass is 10.2. The molecular formula is C20H21FN2O2S. The molecule has 0 heterocycles. The Morgan fingerprint density at radius 1 is 1.15 bits per heavy atom. The minimum absolute atomic E-state index is 0.189. The first-order chi connectivity index (χ1) is 12.4. The predicted molar refractivity (Wildman–Crippen MR) is 107 cm³/mol. The van der Waals surface area contributed by atoms with Crippen molar-refractivity contribution in [2.75, 3.05) is 11.9 Å². The van der Waals surface area contributed by atoms with E-state index in [1.165, 1.54) is 18.2 Å². The van der Waals surface area contributed by atoms with Crippen molar-refractivity contribution in [2.24, 2.45) is 5.92 Å². The molecule has 6 heteroatoms. The highest BCUT2D eigenvalue weighted by Crippen LogP contribution is 2.16. The van der Waals surface area contributed by atoms with Crippen molar-refractivity contribution in [1.29, 1.82) is 0 Å². The Bertz CT molecular complexity index is 771. The van der Waals surface area contributed by atoms with Gasteiger partial charge in [-0.3, -0.25) is 10.1 Å². The summed E-state index contributed by atoms with van der Waals surface area (Å²) in [5.41, 5.74) is 1.46. The number of amides is 1. The molecule has 0 saturated heterocycles. The fraction of sp³-hybridized carbons (Fsp3) is 0.200. The maximum absolute atomic E-state index is 12.8. The number of benzene rings is 2. The Labute approximate surface area is 158 Å². The topological polar surface area (TPSA) is 50.4 Å². The molecule has 4 nitrogen and oxygen atoms in total. The number of hydrogen-bond donors (Lipinski definition) is 2. The molecule has 0 spiro atoms. The summed E-state index contributed by atoms with van der Waals surface area (Å²) in [4.78, 5) is 11.9. The molecule has 2 aromatic rings. The molecule has 0 radical (unpaired) electrons. The highest BCUT2D eigenvalue weighted by molar-refractivity contribution is 7.80. The standard InChI is InChI=1S/C20H21FN2O2S/c1-14(2)13-25-18-10-8-17(9-11-18)22-20(26)23-19(24)12-5-15-3-6-16(21)7-4-15/h3-12,14H,13H2,1-2H3,(H2,22,23,24,26). The Morgan fingerprint density at radius 2 is 1.81 bits per heavy atom. The largest absolute Gasteiger partial charge is 0.493 e. The van der Waals surface area contributed by atoms with Crippen LogP contribution >= 0.6 is 12.2 Å². The van der Waals surface area contributed by atoms with Crippen LogP contribution in [0.15, 0.2) is 54.6 Å². The van der Waals surface area contributed by atoms with Gasteiger partial charge in [-0.05, 0) is 66.2 Å². The number of carbonyl (C=O) groups is 1. The van der Waals surface area contributed by atoms with E-state index >= 15 is 0 Å². The SMILES string of the molecule is CC(C)COc1ccc(NC(=S)NC(=O)C=Cc2ccc(F)cc2)cc1. The smallest absolute Gasteiger partial charge is 0.250 e. The monoisotopic (exact) mass is 372 g/mol. The quantitative estimate of drug-likeness (QED) is 0.583. The Balaban J connectivity index is 1.82. The van der Waals surface area contributed by atoms with Crippen LogP contribution in [0, 0.1) is 11.7 Å². The van der Waals surface area contributed by atoms with Crippen molar-refractivity contribution < 1.29 is 13.9 Å². The van der Waals surface area contributed by atoms with E-state index in [1.54, 1.807) is 18.2 Å². The minimum atomic E-state index is -0.372. The number of halogens is 1. The molecule has 0 aliphatic rings. The van der Waals surface area contributed by atoms with Gasteiger partial charge < -0.3 is 10.1 Å². The van der Waals surface area contributed by atoms with Gasteiger partial charge >= 0.3 is 0 Å². The molecular weight excluding hydrogens is 351 g/mol. The van der Waals surface area contributed by atoms with Gasteiger partial charge in [-0.2, -0.15) is 0 Å². The third kappa shape index (κ3) is 7.03. The third-order valence-electron chi connectivity index (χ3n) is 3.23. The number of hydrogen-bond acceptors (Lipinski definition) is 3. The lowest BCUT2D eigenvalue weighted by Crippen LogP contribution is -2.32. The summed E-state index contributed by atoms with van der Waals surface area (Å²) in [6.07, 6.45) is 2.92. The van der Waals surface area contributed by atoms with E-state index in [-0.39, 0.29) is 16.8 Å². The fourth-order valence-electron chi connectivity index (χ4n) is 1.96. The van der Waals surface area contributed by atoms with Gasteiger partial charge in [0.15, 0.2) is 5.11 Å². The van der Waals surface area contributed by atoms with Crippen LogP contribution in [0.5, 0.6) is 5.75 Å². The van der Waals surface area contributed by atoms with E-state index in [4.69, 9.17) is 17.0 Å². The Morgan fingerprint density at radius 3 is 2.42 bits per heavy atom. The van der Waals surface area contributed by atoms with Crippen LogP contribution in [0.25, 0.3) is 6.08 Å². The van der Waals surface area contributed by atoms with E-state index in [1.807, 2.05) is 24.3 Å². The first kappa shape index (κ1) is 19.6. The lowest BCUT2D eigenvalue weighted by molar-refractivity contribution is -0.115. The molecule has 2 rings (SSSR count). The summed E-state index contributed by atoms with van der Waals surface area (Å²) in [5, 5.41) is 5.67. The zero-order valence-corrected chi connectivity index (χ0v) is 15.5. The zero-order chi connectivity index (χ0) is 18.9. The summed E-state index contributed by atoms with van der Waals surface area (Å²) in [5.74, 6) is 0.543. The second-order valence-electron chi connectivity index (χ2n) is 6.06. The molecule has 2 aromatic carbocycles. The molecule has 26 heavy (non-hydrogen) atoms. The lowest BCUT2D eigenvalue weighted by Gasteiger charge is -2.11. The van der Waals surface area contributed by atoms with Gasteiger partial charge in [0.1, 0.15) is 11.6 Å². The molecule has 0 saturated carbocycles. The van der Waals surface area contributed by atoms with Crippen LogP contribution in [0.2, 0.25) is 0 Å². The number of rotatable bonds is 6. The summed E-state index contributed by atoms with van der Waals surface area (Å²) >= 11 is 5.12. The number of nitrogens with one attached hydrogen (secondary N) is 2. The Hall–Kier alpha value is -2.73. The second kappa shape index (κ2) is 9.68. The van der Waals surface area contributed by atoms with E-state index in [9.17, 15) is 9.18 Å². The van der Waals surface area contributed by atoms with Gasteiger partial charge in [0.25, 0.3) is 0 Å². The van der Waals surface area contributed by atoms with Crippen molar-refractivity contribution >= 4 is 35.0 Å². The fourth-order valence-corrected chi connectivity index (χ4v) is 2.18. The molecule has 0 bridgehead atoms. The molecule has 2 N–H and O–H groups in total. The third-order valence-corrected chi connectivity index (χ3v) is 3.43. The van der Waals surface area contributed by atoms with Crippen LogP contribution in [0.1, 0.15) is 19.4 Å². The normalized spacial score (nSPS) is 10.8. The minimum Gasteiger partial charge on any atom is -0.493 e. The van der Waals surface area contributed by atoms with Gasteiger partial charge in [-0.1, -0.05) is 26.0 Å². The molecule has 0 atom stereocenters. The zero-order valence-electron chi connectivity index (χ0n) is 14.7. The molecule has 1 amide bonds. The van der Waals surface area contributed by atoms with Crippen molar-refractivity contribution in [3.63, 3.8) is 0 Å². The van der Waals surface area contributed by atoms with Crippen LogP contribution in [0.4, 0.5) is 10.1 Å². The molecule has 0 unspecified atom stereocenters. The van der Waals surface area contributed by atoms with Gasteiger partial charge in [0.05, 0.1) is 6.61 Å². The van der Waals surface area contributed by atoms with Gasteiger partial charge in [-0.15, -0.1) is 0 Å². The summed E-state index contributed by atoms with van der Waals surface area (Å²) in [6, 6.07) is 13.1. The molecule has 0 aliphatic carbocycles. The first-order valence-electron chi connectivity index (χ1n) is 8.21. The average Bonchev–Trinajstić information content (AvgIpc) is 2.60. The number of thiocarbonyl (C=S) groups is 1. The van der Waals surface area contributed by atoms with E-state index in [2.05, 4.69) is 24.5 Å². The molecule has 0 aromatic heterocycles. The maximum Gasteiger partial charge on any atom is 0.250 e. The summed E-state index contributed by atoms with van der Waals surface area (Å²) in [6.45, 7) is 4.82. The number of carbonyl (C=O) groups excluding carboxylic acids is 1. The van der Waals surface area contributed by atoms with Crippen molar-refractivity contribution in [3.05, 3.63) is 66.0 Å². The van der Waals surface area contributed by atoms with Crippen molar-refractivity contribution in [2.45, 2.75) is 13.8 Å². The summed E-state index contributed by atoms with van der Waals surface area (Å²) < 4.78 is 18.4. The van der Waals surface area contributed by atoms with Crippen LogP contribution in [0.3, 0.4) is 0 Å². The van der Waals surface area contributed by atoms with E-state index in [0.29, 0.717) is 12.5 Å². The van der Waals surface area contributed by atoms with Crippen LogP contribution < -0.4 is 15.4 Å². The highest BCUT2D eigenvalue weighted by Gasteiger charge is 2.03. The van der Waals surface area contributed by atoms with Gasteiger partial charge in [-0.25, -0.2) is 4.39 Å². The van der Waals surface area contributed by atoms with Gasteiger partial charge in [0.2, 0.25) is 5.91 Å². The highest BCUT2D eigenvalue weighted by atomic mass is 32.1. The maximum atomic E-state index is 12.8. The van der Waals surface area contributed by atoms with Crippen LogP contribution in [-0.2, 0) is 4.79 Å². The Kier molecular flexibility index (Phi) is 7.29. The number of ether oxygens (including phenoxy) is 1. The van der Waals surface area contributed by atoms with Crippen LogP contribution in [-0.4, -0.2) is 17.6 Å². The van der Waals surface area contributed by atoms with Gasteiger partial charge in [0, 0.05) is 11.8 Å². The van der Waals surface area contributed by atoms with E-state index in [0.717, 1.165) is 17.0 Å². The summed E-state index contributed by atoms with van der Waals surface area (Å²) in [7, 11) is 0. The van der Waals surface area contributed by atoms with Crippen molar-refractivity contribution in [3.8, 4) is 5.75 Å². The molecule has 0 fully saturated rings. The average molecular weight is 372 g/mol. The van der Waals surface area contributed by atoms with E-state index < -0.39 is 0 Å². The number of anilines is 1. The second-order valence-corrected chi connectivity index (χ2v) is 6.47.